The first-order valence-corrected chi connectivity index (χ1v) is 8.93. The lowest BCUT2D eigenvalue weighted by molar-refractivity contribution is -0.127. The van der Waals surface area contributed by atoms with E-state index in [9.17, 15) is 4.79 Å². The Morgan fingerprint density at radius 2 is 1.96 bits per heavy atom. The number of hydrogen-bond donors (Lipinski definition) is 2. The van der Waals surface area contributed by atoms with Gasteiger partial charge in [-0.05, 0) is 24.8 Å². The topological polar surface area (TPSA) is 67.6 Å². The third-order valence-electron chi connectivity index (χ3n) is 5.72. The summed E-state index contributed by atoms with van der Waals surface area (Å²) in [5.41, 5.74) is 6.70. The summed E-state index contributed by atoms with van der Waals surface area (Å²) in [7, 11) is 0. The van der Waals surface area contributed by atoms with Gasteiger partial charge in [0.1, 0.15) is 0 Å². The second-order valence-corrected chi connectivity index (χ2v) is 7.66. The third kappa shape index (κ3) is 3.73. The highest BCUT2D eigenvalue weighted by Gasteiger charge is 2.49. The summed E-state index contributed by atoms with van der Waals surface area (Å²) in [6.45, 7) is 6.76. The van der Waals surface area contributed by atoms with Crippen molar-refractivity contribution in [1.29, 1.82) is 0 Å². The second kappa shape index (κ2) is 7.11. The van der Waals surface area contributed by atoms with E-state index in [0.29, 0.717) is 24.8 Å². The number of carbonyl (C=O) groups excluding carboxylic acids is 1. The number of ether oxygens (including phenoxy) is 1. The highest BCUT2D eigenvalue weighted by molar-refractivity contribution is 5.72. The predicted molar refractivity (Wildman–Crippen MR) is 94.5 cm³/mol. The first-order chi connectivity index (χ1) is 11.5. The summed E-state index contributed by atoms with van der Waals surface area (Å²) in [6.07, 6.45) is 3.30. The monoisotopic (exact) mass is 331 g/mol. The Hall–Kier alpha value is -1.59. The molecule has 1 saturated heterocycles. The Balaban J connectivity index is 1.43. The van der Waals surface area contributed by atoms with Crippen LogP contribution in [0.1, 0.15) is 38.7 Å². The molecular weight excluding hydrogens is 302 g/mol. The van der Waals surface area contributed by atoms with Gasteiger partial charge >= 0.3 is 6.03 Å². The number of nitrogens with one attached hydrogen (secondary N) is 1. The van der Waals surface area contributed by atoms with Crippen molar-refractivity contribution in [3.8, 4) is 0 Å². The molecule has 5 nitrogen and oxygen atoms in total. The van der Waals surface area contributed by atoms with Gasteiger partial charge in [0.2, 0.25) is 0 Å². The fourth-order valence-electron chi connectivity index (χ4n) is 3.77. The molecule has 3 rings (SSSR count). The van der Waals surface area contributed by atoms with Crippen molar-refractivity contribution in [3.05, 3.63) is 35.9 Å². The number of hydrogen-bond acceptors (Lipinski definition) is 3. The van der Waals surface area contributed by atoms with Crippen molar-refractivity contribution >= 4 is 6.03 Å². The van der Waals surface area contributed by atoms with Gasteiger partial charge in [-0.15, -0.1) is 0 Å². The van der Waals surface area contributed by atoms with E-state index in [-0.39, 0.29) is 11.4 Å². The van der Waals surface area contributed by atoms with Crippen LogP contribution in [-0.4, -0.2) is 42.2 Å². The molecule has 5 heteroatoms. The van der Waals surface area contributed by atoms with Crippen LogP contribution in [0.15, 0.2) is 30.3 Å². The number of rotatable bonds is 5. The zero-order valence-electron chi connectivity index (χ0n) is 14.7. The van der Waals surface area contributed by atoms with E-state index in [0.717, 1.165) is 32.4 Å². The smallest absolute Gasteiger partial charge is 0.314 e. The lowest BCUT2D eigenvalue weighted by Gasteiger charge is -2.53. The Kier molecular flexibility index (Phi) is 5.11. The van der Waals surface area contributed by atoms with E-state index < -0.39 is 0 Å². The highest BCUT2D eigenvalue weighted by Crippen LogP contribution is 2.43. The van der Waals surface area contributed by atoms with E-state index in [4.69, 9.17) is 10.5 Å². The van der Waals surface area contributed by atoms with E-state index in [1.165, 1.54) is 5.56 Å². The van der Waals surface area contributed by atoms with Crippen molar-refractivity contribution in [2.45, 2.75) is 57.9 Å². The number of nitrogens with zero attached hydrogens (tertiary/aromatic N) is 1. The molecule has 132 valence electrons. The molecule has 1 aliphatic carbocycles. The number of benzene rings is 1. The van der Waals surface area contributed by atoms with E-state index in [1.54, 1.807) is 4.90 Å². The van der Waals surface area contributed by atoms with Gasteiger partial charge in [0.25, 0.3) is 0 Å². The van der Waals surface area contributed by atoms with Crippen LogP contribution in [0.5, 0.6) is 0 Å². The molecule has 2 aliphatic rings. The van der Waals surface area contributed by atoms with Crippen LogP contribution in [0.3, 0.4) is 0 Å². The molecule has 0 bridgehead atoms. The zero-order chi connectivity index (χ0) is 17.2. The molecule has 1 heterocycles. The third-order valence-corrected chi connectivity index (χ3v) is 5.72. The quantitative estimate of drug-likeness (QED) is 0.871. The molecule has 2 amide bonds. The molecule has 3 N–H and O–H groups in total. The van der Waals surface area contributed by atoms with E-state index in [2.05, 4.69) is 31.3 Å². The van der Waals surface area contributed by atoms with Crippen molar-refractivity contribution in [2.75, 3.05) is 13.1 Å². The Morgan fingerprint density at radius 3 is 2.54 bits per heavy atom. The molecule has 0 spiro atoms. The Labute approximate surface area is 144 Å². The van der Waals surface area contributed by atoms with Crippen LogP contribution < -0.4 is 11.1 Å². The molecule has 1 saturated carbocycles. The van der Waals surface area contributed by atoms with Gasteiger partial charge < -0.3 is 20.7 Å². The minimum atomic E-state index is -0.299. The van der Waals surface area contributed by atoms with Crippen LogP contribution in [0.4, 0.5) is 4.79 Å². The van der Waals surface area contributed by atoms with Gasteiger partial charge in [0.15, 0.2) is 0 Å². The van der Waals surface area contributed by atoms with Crippen molar-refractivity contribution in [2.24, 2.45) is 11.1 Å². The first kappa shape index (κ1) is 17.2. The lowest BCUT2D eigenvalue weighted by atomic mass is 9.64. The van der Waals surface area contributed by atoms with Gasteiger partial charge in [0, 0.05) is 30.6 Å². The summed E-state index contributed by atoms with van der Waals surface area (Å²) in [5, 5.41) is 3.77. The minimum Gasteiger partial charge on any atom is -0.373 e. The van der Waals surface area contributed by atoms with Crippen molar-refractivity contribution < 1.29 is 9.53 Å². The van der Waals surface area contributed by atoms with Gasteiger partial charge in [-0.3, -0.25) is 0 Å². The summed E-state index contributed by atoms with van der Waals surface area (Å²) in [4.78, 5) is 12.9. The predicted octanol–water partition coefficient (Wildman–Crippen LogP) is 2.50. The van der Waals surface area contributed by atoms with Gasteiger partial charge in [-0.1, -0.05) is 44.2 Å². The number of urea groups is 1. The molecule has 1 aromatic rings. The molecular formula is C19H29N3O2. The van der Waals surface area contributed by atoms with Gasteiger partial charge in [0.05, 0.1) is 12.7 Å². The number of carbonyl (C=O) groups is 1. The standard InChI is InChI=1S/C19H29N3O2/c1-19(2)16(21-15-8-10-22(11-9-15)18(20)23)12-17(19)24-13-14-6-4-3-5-7-14/h3-7,15-17,21H,8-13H2,1-2H3,(H2,20,23). The normalized spacial score (nSPS) is 26.8. The maximum atomic E-state index is 11.2. The van der Waals surface area contributed by atoms with Crippen molar-refractivity contribution in [3.63, 3.8) is 0 Å². The molecule has 1 aromatic carbocycles. The summed E-state index contributed by atoms with van der Waals surface area (Å²) >= 11 is 0. The zero-order valence-corrected chi connectivity index (χ0v) is 14.7. The number of piperidine rings is 1. The molecule has 1 aliphatic heterocycles. The Morgan fingerprint density at radius 1 is 1.29 bits per heavy atom. The largest absolute Gasteiger partial charge is 0.373 e. The number of likely N-dealkylation sites (tertiary alicyclic amines) is 1. The van der Waals surface area contributed by atoms with E-state index in [1.807, 2.05) is 18.2 Å². The molecule has 2 atom stereocenters. The highest BCUT2D eigenvalue weighted by atomic mass is 16.5. The molecule has 24 heavy (non-hydrogen) atoms. The van der Waals surface area contributed by atoms with Crippen LogP contribution in [0, 0.1) is 5.41 Å². The fourth-order valence-corrected chi connectivity index (χ4v) is 3.77. The number of nitrogens with two attached hydrogens (primary N) is 1. The SMILES string of the molecule is CC1(C)C(NC2CCN(C(N)=O)CC2)CC1OCc1ccccc1. The second-order valence-electron chi connectivity index (χ2n) is 7.66. The maximum absolute atomic E-state index is 11.2. The molecule has 0 radical (unpaired) electrons. The maximum Gasteiger partial charge on any atom is 0.314 e. The van der Waals surface area contributed by atoms with Crippen LogP contribution >= 0.6 is 0 Å². The number of amides is 2. The summed E-state index contributed by atoms with van der Waals surface area (Å²) < 4.78 is 6.14. The summed E-state index contributed by atoms with van der Waals surface area (Å²) in [5.74, 6) is 0. The number of primary amides is 1. The average Bonchev–Trinajstić information content (AvgIpc) is 2.58. The lowest BCUT2D eigenvalue weighted by Crippen LogP contribution is -2.63. The minimum absolute atomic E-state index is 0.135. The molecule has 2 fully saturated rings. The first-order valence-electron chi connectivity index (χ1n) is 8.93. The summed E-state index contributed by atoms with van der Waals surface area (Å²) in [6, 6.07) is 11.0. The molecule has 2 unspecified atom stereocenters. The van der Waals surface area contributed by atoms with Crippen molar-refractivity contribution in [1.82, 2.24) is 10.2 Å². The fraction of sp³-hybridized carbons (Fsp3) is 0.632. The van der Waals surface area contributed by atoms with Crippen LogP contribution in [-0.2, 0) is 11.3 Å². The van der Waals surface area contributed by atoms with Gasteiger partial charge in [-0.2, -0.15) is 0 Å². The Bertz CT molecular complexity index is 553. The van der Waals surface area contributed by atoms with Gasteiger partial charge in [-0.25, -0.2) is 4.79 Å². The molecule has 0 aromatic heterocycles. The van der Waals surface area contributed by atoms with E-state index >= 15 is 0 Å². The van der Waals surface area contributed by atoms with Crippen LogP contribution in [0.2, 0.25) is 0 Å². The average molecular weight is 331 g/mol. The van der Waals surface area contributed by atoms with Crippen LogP contribution in [0.25, 0.3) is 0 Å².